The number of esters is 1. The molecule has 0 amide bonds. The molecule has 2 rings (SSSR count). The van der Waals surface area contributed by atoms with Crippen molar-refractivity contribution in [1.29, 1.82) is 0 Å². The average Bonchev–Trinajstić information content (AvgIpc) is 2.60. The number of azo groups is 1. The Balaban J connectivity index is 2.60. The SMILES string of the molecule is C#Cc1c(C)c(N=Nc2ccccc2C(=O)OC)c(=O)n(C)c1O. The van der Waals surface area contributed by atoms with Gasteiger partial charge in [0.05, 0.1) is 18.2 Å². The molecule has 1 aromatic heterocycles. The number of rotatable bonds is 3. The zero-order valence-electron chi connectivity index (χ0n) is 13.4. The van der Waals surface area contributed by atoms with Gasteiger partial charge in [0.2, 0.25) is 5.88 Å². The Morgan fingerprint density at radius 1 is 1.33 bits per heavy atom. The molecule has 0 radical (unpaired) electrons. The van der Waals surface area contributed by atoms with Gasteiger partial charge in [-0.1, -0.05) is 18.1 Å². The van der Waals surface area contributed by atoms with E-state index in [1.54, 1.807) is 25.1 Å². The van der Waals surface area contributed by atoms with Crippen molar-refractivity contribution in [3.8, 4) is 18.2 Å². The highest BCUT2D eigenvalue weighted by Gasteiger charge is 2.16. The Morgan fingerprint density at radius 2 is 2.00 bits per heavy atom. The lowest BCUT2D eigenvalue weighted by Crippen LogP contribution is -2.18. The van der Waals surface area contributed by atoms with Crippen molar-refractivity contribution in [1.82, 2.24) is 4.57 Å². The summed E-state index contributed by atoms with van der Waals surface area (Å²) in [5, 5.41) is 17.8. The highest BCUT2D eigenvalue weighted by Crippen LogP contribution is 2.27. The van der Waals surface area contributed by atoms with Gasteiger partial charge in [0.15, 0.2) is 5.69 Å². The fraction of sp³-hybridized carbons (Fsp3) is 0.176. The number of pyridine rings is 1. The van der Waals surface area contributed by atoms with Gasteiger partial charge in [-0.3, -0.25) is 9.36 Å². The third kappa shape index (κ3) is 2.90. The minimum absolute atomic E-state index is 0.0112. The van der Waals surface area contributed by atoms with E-state index in [1.165, 1.54) is 20.2 Å². The van der Waals surface area contributed by atoms with Crippen LogP contribution >= 0.6 is 0 Å². The van der Waals surface area contributed by atoms with Crippen LogP contribution in [-0.4, -0.2) is 22.8 Å². The van der Waals surface area contributed by atoms with Crippen LogP contribution in [0.1, 0.15) is 21.5 Å². The summed E-state index contributed by atoms with van der Waals surface area (Å²) in [6, 6.07) is 6.44. The standard InChI is InChI=1S/C17H15N3O4/c1-5-11-10(2)14(16(22)20(3)15(11)21)19-18-13-9-7-6-8-12(13)17(23)24-4/h1,6-9,21H,2-4H3. The predicted molar refractivity (Wildman–Crippen MR) is 88.0 cm³/mol. The first kappa shape index (κ1) is 17.0. The normalized spacial score (nSPS) is 10.6. The van der Waals surface area contributed by atoms with Crippen LogP contribution < -0.4 is 5.56 Å². The molecule has 0 bridgehead atoms. The van der Waals surface area contributed by atoms with E-state index >= 15 is 0 Å². The van der Waals surface area contributed by atoms with Crippen LogP contribution in [0.15, 0.2) is 39.3 Å². The largest absolute Gasteiger partial charge is 0.493 e. The second-order valence-electron chi connectivity index (χ2n) is 4.89. The molecule has 0 spiro atoms. The van der Waals surface area contributed by atoms with Crippen LogP contribution in [0.2, 0.25) is 0 Å². The molecule has 7 heteroatoms. The third-order valence-corrected chi connectivity index (χ3v) is 3.49. The van der Waals surface area contributed by atoms with Crippen molar-refractivity contribution >= 4 is 17.3 Å². The van der Waals surface area contributed by atoms with Gasteiger partial charge < -0.3 is 9.84 Å². The Bertz CT molecular complexity index is 936. The first-order chi connectivity index (χ1) is 11.4. The minimum Gasteiger partial charge on any atom is -0.493 e. The van der Waals surface area contributed by atoms with E-state index in [-0.39, 0.29) is 28.4 Å². The number of hydrogen-bond acceptors (Lipinski definition) is 6. The molecule has 0 aliphatic heterocycles. The molecule has 24 heavy (non-hydrogen) atoms. The van der Waals surface area contributed by atoms with Gasteiger partial charge in [-0.2, -0.15) is 0 Å². The van der Waals surface area contributed by atoms with Gasteiger partial charge in [0.25, 0.3) is 5.56 Å². The molecule has 1 N–H and O–H groups in total. The lowest BCUT2D eigenvalue weighted by Gasteiger charge is -2.09. The summed E-state index contributed by atoms with van der Waals surface area (Å²) in [6.45, 7) is 1.57. The molecule has 0 atom stereocenters. The number of carbonyl (C=O) groups is 1. The molecule has 2 aromatic rings. The fourth-order valence-electron chi connectivity index (χ4n) is 2.11. The number of carbonyl (C=O) groups excluding carboxylic acids is 1. The fourth-order valence-corrected chi connectivity index (χ4v) is 2.11. The van der Waals surface area contributed by atoms with E-state index in [9.17, 15) is 14.7 Å². The molecule has 0 fully saturated rings. The Kier molecular flexibility index (Phi) is 4.80. The predicted octanol–water partition coefficient (Wildman–Crippen LogP) is 2.58. The molecule has 0 saturated heterocycles. The van der Waals surface area contributed by atoms with Gasteiger partial charge in [-0.15, -0.1) is 16.7 Å². The third-order valence-electron chi connectivity index (χ3n) is 3.49. The van der Waals surface area contributed by atoms with Crippen LogP contribution in [-0.2, 0) is 11.8 Å². The number of methoxy groups -OCH3 is 1. The van der Waals surface area contributed by atoms with Gasteiger partial charge in [-0.25, -0.2) is 4.79 Å². The molecule has 7 nitrogen and oxygen atoms in total. The summed E-state index contributed by atoms with van der Waals surface area (Å²) in [6.07, 6.45) is 5.37. The zero-order valence-corrected chi connectivity index (χ0v) is 13.4. The quantitative estimate of drug-likeness (QED) is 0.533. The number of benzene rings is 1. The van der Waals surface area contributed by atoms with Crippen LogP contribution in [0.3, 0.4) is 0 Å². The molecular weight excluding hydrogens is 310 g/mol. The van der Waals surface area contributed by atoms with Crippen LogP contribution in [0.5, 0.6) is 5.88 Å². The van der Waals surface area contributed by atoms with Gasteiger partial charge in [-0.05, 0) is 19.1 Å². The number of aromatic nitrogens is 1. The average molecular weight is 325 g/mol. The topological polar surface area (TPSA) is 93.3 Å². The molecule has 1 heterocycles. The van der Waals surface area contributed by atoms with E-state index in [4.69, 9.17) is 6.42 Å². The number of nitrogens with zero attached hydrogens (tertiary/aromatic N) is 3. The molecular formula is C17H15N3O4. The lowest BCUT2D eigenvalue weighted by atomic mass is 10.1. The summed E-state index contributed by atoms with van der Waals surface area (Å²) in [7, 11) is 2.63. The van der Waals surface area contributed by atoms with Crippen molar-refractivity contribution in [2.45, 2.75) is 6.92 Å². The van der Waals surface area contributed by atoms with Crippen molar-refractivity contribution in [3.05, 3.63) is 51.3 Å². The van der Waals surface area contributed by atoms with Crippen LogP contribution in [0.4, 0.5) is 11.4 Å². The first-order valence-electron chi connectivity index (χ1n) is 6.90. The second-order valence-corrected chi connectivity index (χ2v) is 4.89. The number of terminal acetylenes is 1. The highest BCUT2D eigenvalue weighted by atomic mass is 16.5. The van der Waals surface area contributed by atoms with Crippen molar-refractivity contribution < 1.29 is 14.6 Å². The first-order valence-corrected chi connectivity index (χ1v) is 6.90. The van der Waals surface area contributed by atoms with E-state index < -0.39 is 11.5 Å². The summed E-state index contributed by atoms with van der Waals surface area (Å²) in [4.78, 5) is 24.0. The van der Waals surface area contributed by atoms with Crippen molar-refractivity contribution in [2.24, 2.45) is 17.3 Å². The maximum Gasteiger partial charge on any atom is 0.340 e. The van der Waals surface area contributed by atoms with E-state index in [1.807, 2.05) is 0 Å². The molecule has 0 aliphatic carbocycles. The Hall–Kier alpha value is -3.40. The van der Waals surface area contributed by atoms with Gasteiger partial charge >= 0.3 is 5.97 Å². The number of aromatic hydroxyl groups is 1. The zero-order chi connectivity index (χ0) is 17.9. The van der Waals surface area contributed by atoms with Gasteiger partial charge in [0.1, 0.15) is 5.69 Å². The van der Waals surface area contributed by atoms with E-state index in [0.717, 1.165) is 4.57 Å². The molecule has 122 valence electrons. The van der Waals surface area contributed by atoms with Gasteiger partial charge in [0, 0.05) is 12.6 Å². The smallest absolute Gasteiger partial charge is 0.340 e. The van der Waals surface area contributed by atoms with E-state index in [0.29, 0.717) is 5.56 Å². The number of hydrogen-bond donors (Lipinski definition) is 1. The molecule has 1 aromatic carbocycles. The summed E-state index contributed by atoms with van der Waals surface area (Å²) >= 11 is 0. The summed E-state index contributed by atoms with van der Waals surface area (Å²) in [5.74, 6) is 1.45. The maximum atomic E-state index is 12.3. The van der Waals surface area contributed by atoms with E-state index in [2.05, 4.69) is 20.9 Å². The summed E-state index contributed by atoms with van der Waals surface area (Å²) in [5.41, 5.74) is 0.395. The van der Waals surface area contributed by atoms with Crippen molar-refractivity contribution in [3.63, 3.8) is 0 Å². The molecule has 0 unspecified atom stereocenters. The monoisotopic (exact) mass is 325 g/mol. The second kappa shape index (κ2) is 6.79. The Labute approximate surface area is 138 Å². The van der Waals surface area contributed by atoms with Crippen LogP contribution in [0.25, 0.3) is 0 Å². The molecule has 0 saturated carbocycles. The highest BCUT2D eigenvalue weighted by molar-refractivity contribution is 5.94. The molecule has 0 aliphatic rings. The number of ether oxygens (including phenoxy) is 1. The summed E-state index contributed by atoms with van der Waals surface area (Å²) < 4.78 is 5.67. The van der Waals surface area contributed by atoms with Crippen LogP contribution in [0, 0.1) is 19.3 Å². The van der Waals surface area contributed by atoms with Crippen molar-refractivity contribution in [2.75, 3.05) is 7.11 Å². The maximum absolute atomic E-state index is 12.3. The lowest BCUT2D eigenvalue weighted by molar-refractivity contribution is 0.0601. The minimum atomic E-state index is -0.566. The Morgan fingerprint density at radius 3 is 2.62 bits per heavy atom.